The molecule has 0 fully saturated rings. The van der Waals surface area contributed by atoms with Gasteiger partial charge in [-0.25, -0.2) is 17.6 Å². The predicted molar refractivity (Wildman–Crippen MR) is 53.1 cm³/mol. The maximum absolute atomic E-state index is 13.1. The average Bonchev–Trinajstić information content (AvgIpc) is 2.13. The summed E-state index contributed by atoms with van der Waals surface area (Å²) < 4.78 is 50.2. The van der Waals surface area contributed by atoms with Crippen molar-refractivity contribution in [1.29, 1.82) is 0 Å². The minimum atomic E-state index is -2.62. The summed E-state index contributed by atoms with van der Waals surface area (Å²) in [4.78, 5) is 0. The van der Waals surface area contributed by atoms with E-state index < -0.39 is 24.1 Å². The van der Waals surface area contributed by atoms with Crippen LogP contribution in [0.15, 0.2) is 16.6 Å². The van der Waals surface area contributed by atoms with Gasteiger partial charge in [0.2, 0.25) is 0 Å². The topological polar surface area (TPSA) is 12.0 Å². The van der Waals surface area contributed by atoms with Crippen LogP contribution in [0.1, 0.15) is 6.92 Å². The van der Waals surface area contributed by atoms with Gasteiger partial charge in [0, 0.05) is 6.07 Å². The molecule has 0 aliphatic heterocycles. The lowest BCUT2D eigenvalue weighted by molar-refractivity contribution is 0.130. The van der Waals surface area contributed by atoms with E-state index in [0.29, 0.717) is 6.07 Å². The van der Waals surface area contributed by atoms with Gasteiger partial charge in [0.15, 0.2) is 0 Å². The van der Waals surface area contributed by atoms with E-state index in [1.807, 2.05) is 0 Å². The van der Waals surface area contributed by atoms with Gasteiger partial charge in [-0.15, -0.1) is 0 Å². The fraction of sp³-hybridized carbons (Fsp3) is 0.333. The average molecular weight is 286 g/mol. The standard InChI is InChI=1S/C9H8BrF4N/c1-4(9(13)14)15-8-2-5(10)6(11)3-7(8)12/h2-4,9,15H,1H3. The Labute approximate surface area is 92.6 Å². The molecule has 0 radical (unpaired) electrons. The maximum Gasteiger partial charge on any atom is 0.258 e. The lowest BCUT2D eigenvalue weighted by Crippen LogP contribution is -2.24. The first-order valence-corrected chi connectivity index (χ1v) is 4.90. The second-order valence-electron chi connectivity index (χ2n) is 3.01. The summed E-state index contributed by atoms with van der Waals surface area (Å²) in [7, 11) is 0. The number of halogens is 5. The predicted octanol–water partition coefficient (Wildman–Crippen LogP) is 3.79. The molecule has 0 aliphatic rings. The van der Waals surface area contributed by atoms with Gasteiger partial charge in [-0.2, -0.15) is 0 Å². The molecule has 1 atom stereocenters. The molecule has 1 unspecified atom stereocenters. The molecule has 1 N–H and O–H groups in total. The Balaban J connectivity index is 2.91. The molecule has 0 spiro atoms. The highest BCUT2D eigenvalue weighted by molar-refractivity contribution is 9.10. The summed E-state index contributed by atoms with van der Waals surface area (Å²) in [5.74, 6) is -1.68. The normalized spacial score (nSPS) is 13.0. The zero-order valence-electron chi connectivity index (χ0n) is 7.70. The van der Waals surface area contributed by atoms with E-state index in [9.17, 15) is 17.6 Å². The molecule has 1 aromatic carbocycles. The maximum atomic E-state index is 13.1. The van der Waals surface area contributed by atoms with Crippen LogP contribution in [0.5, 0.6) is 0 Å². The molecular weight excluding hydrogens is 278 g/mol. The van der Waals surface area contributed by atoms with Crippen LogP contribution in [-0.2, 0) is 0 Å². The number of alkyl halides is 2. The third kappa shape index (κ3) is 3.09. The third-order valence-electron chi connectivity index (χ3n) is 1.77. The first-order chi connectivity index (χ1) is 6.91. The monoisotopic (exact) mass is 285 g/mol. The summed E-state index contributed by atoms with van der Waals surface area (Å²) in [6.45, 7) is 1.21. The van der Waals surface area contributed by atoms with Gasteiger partial charge in [0.05, 0.1) is 16.2 Å². The molecule has 0 saturated heterocycles. The minimum absolute atomic E-state index is 0.0212. The first-order valence-electron chi connectivity index (χ1n) is 4.11. The van der Waals surface area contributed by atoms with E-state index >= 15 is 0 Å². The van der Waals surface area contributed by atoms with Gasteiger partial charge in [0.25, 0.3) is 6.43 Å². The molecule has 0 bridgehead atoms. The Kier molecular flexibility index (Phi) is 3.96. The summed E-state index contributed by atoms with van der Waals surface area (Å²) in [5.41, 5.74) is -0.156. The van der Waals surface area contributed by atoms with Crippen LogP contribution < -0.4 is 5.32 Å². The van der Waals surface area contributed by atoms with Crippen molar-refractivity contribution in [1.82, 2.24) is 0 Å². The van der Waals surface area contributed by atoms with Gasteiger partial charge >= 0.3 is 0 Å². The number of hydrogen-bond donors (Lipinski definition) is 1. The fourth-order valence-corrected chi connectivity index (χ4v) is 1.28. The SMILES string of the molecule is CC(Nc1cc(Br)c(F)cc1F)C(F)F. The third-order valence-corrected chi connectivity index (χ3v) is 2.38. The molecule has 15 heavy (non-hydrogen) atoms. The highest BCUT2D eigenvalue weighted by atomic mass is 79.9. The van der Waals surface area contributed by atoms with Gasteiger partial charge < -0.3 is 5.32 Å². The molecule has 6 heteroatoms. The van der Waals surface area contributed by atoms with E-state index in [4.69, 9.17) is 0 Å². The van der Waals surface area contributed by atoms with Crippen LogP contribution in [-0.4, -0.2) is 12.5 Å². The lowest BCUT2D eigenvalue weighted by Gasteiger charge is -2.15. The molecule has 84 valence electrons. The van der Waals surface area contributed by atoms with E-state index in [1.165, 1.54) is 6.92 Å². The second kappa shape index (κ2) is 4.83. The van der Waals surface area contributed by atoms with Crippen molar-refractivity contribution in [3.8, 4) is 0 Å². The van der Waals surface area contributed by atoms with E-state index in [-0.39, 0.29) is 10.2 Å². The Bertz CT molecular complexity index is 356. The van der Waals surface area contributed by atoms with Gasteiger partial charge in [-0.1, -0.05) is 0 Å². The minimum Gasteiger partial charge on any atom is -0.374 e. The van der Waals surface area contributed by atoms with Crippen molar-refractivity contribution in [2.75, 3.05) is 5.32 Å². The molecule has 1 rings (SSSR count). The largest absolute Gasteiger partial charge is 0.374 e. The highest BCUT2D eigenvalue weighted by Gasteiger charge is 2.16. The quantitative estimate of drug-likeness (QED) is 0.658. The zero-order valence-corrected chi connectivity index (χ0v) is 9.29. The summed E-state index contributed by atoms with van der Waals surface area (Å²) in [5, 5.41) is 2.26. The van der Waals surface area contributed by atoms with Crippen molar-refractivity contribution in [2.24, 2.45) is 0 Å². The van der Waals surface area contributed by atoms with Crippen molar-refractivity contribution >= 4 is 21.6 Å². The highest BCUT2D eigenvalue weighted by Crippen LogP contribution is 2.24. The molecule has 0 aromatic heterocycles. The number of rotatable bonds is 3. The van der Waals surface area contributed by atoms with E-state index in [0.717, 1.165) is 6.07 Å². The smallest absolute Gasteiger partial charge is 0.258 e. The summed E-state index contributed by atoms with van der Waals surface area (Å²) >= 11 is 2.84. The first kappa shape index (κ1) is 12.3. The van der Waals surface area contributed by atoms with E-state index in [1.54, 1.807) is 0 Å². The van der Waals surface area contributed by atoms with Gasteiger partial charge in [-0.3, -0.25) is 0 Å². The molecule has 0 aliphatic carbocycles. The Morgan fingerprint density at radius 2 is 1.80 bits per heavy atom. The summed E-state index contributed by atoms with van der Waals surface area (Å²) in [6.07, 6.45) is -2.62. The van der Waals surface area contributed by atoms with Crippen LogP contribution in [0.4, 0.5) is 23.2 Å². The lowest BCUT2D eigenvalue weighted by atomic mass is 10.2. The van der Waals surface area contributed by atoms with E-state index in [2.05, 4.69) is 21.2 Å². The molecule has 1 aromatic rings. The molecule has 0 heterocycles. The van der Waals surface area contributed by atoms with Gasteiger partial charge in [-0.05, 0) is 28.9 Å². The number of hydrogen-bond acceptors (Lipinski definition) is 1. The van der Waals surface area contributed by atoms with Crippen molar-refractivity contribution in [3.05, 3.63) is 28.2 Å². The number of nitrogens with one attached hydrogen (secondary N) is 1. The Morgan fingerprint density at radius 3 is 2.33 bits per heavy atom. The number of anilines is 1. The fourth-order valence-electron chi connectivity index (χ4n) is 0.941. The Hall–Kier alpha value is -0.780. The second-order valence-corrected chi connectivity index (χ2v) is 3.87. The van der Waals surface area contributed by atoms with Gasteiger partial charge in [0.1, 0.15) is 11.6 Å². The molecular formula is C9H8BrF4N. The van der Waals surface area contributed by atoms with Crippen LogP contribution in [0.3, 0.4) is 0 Å². The van der Waals surface area contributed by atoms with Crippen molar-refractivity contribution in [2.45, 2.75) is 19.4 Å². The van der Waals surface area contributed by atoms with Crippen LogP contribution >= 0.6 is 15.9 Å². The number of benzene rings is 1. The zero-order chi connectivity index (χ0) is 11.6. The summed E-state index contributed by atoms with van der Waals surface area (Å²) in [6, 6.07) is 0.519. The Morgan fingerprint density at radius 1 is 1.20 bits per heavy atom. The molecule has 0 amide bonds. The van der Waals surface area contributed by atoms with Crippen LogP contribution in [0.25, 0.3) is 0 Å². The van der Waals surface area contributed by atoms with Crippen molar-refractivity contribution < 1.29 is 17.6 Å². The molecule has 1 nitrogen and oxygen atoms in total. The van der Waals surface area contributed by atoms with Crippen LogP contribution in [0, 0.1) is 11.6 Å². The van der Waals surface area contributed by atoms with Crippen molar-refractivity contribution in [3.63, 3.8) is 0 Å². The van der Waals surface area contributed by atoms with Crippen LogP contribution in [0.2, 0.25) is 0 Å². The molecule has 0 saturated carbocycles.